The van der Waals surface area contributed by atoms with Crippen LogP contribution in [0.4, 0.5) is 4.79 Å². The average molecular weight is 374 g/mol. The van der Waals surface area contributed by atoms with Gasteiger partial charge in [-0.2, -0.15) is 0 Å². The Morgan fingerprint density at radius 2 is 1.96 bits per heavy atom. The first kappa shape index (κ1) is 20.4. The van der Waals surface area contributed by atoms with Crippen LogP contribution in [0.2, 0.25) is 0 Å². The second-order valence-electron chi connectivity index (χ2n) is 7.33. The van der Waals surface area contributed by atoms with Gasteiger partial charge in [-0.3, -0.25) is 4.79 Å². The molecule has 146 valence electrons. The van der Waals surface area contributed by atoms with Crippen molar-refractivity contribution in [1.82, 2.24) is 10.6 Å². The minimum absolute atomic E-state index is 0.158. The predicted octanol–water partition coefficient (Wildman–Crippen LogP) is 1.92. The van der Waals surface area contributed by atoms with E-state index in [1.807, 2.05) is 26.8 Å². The molecule has 1 aromatic rings. The maximum Gasteiger partial charge on any atom is 0.404 e. The topological polar surface area (TPSA) is 127 Å². The minimum Gasteiger partial charge on any atom is -0.444 e. The summed E-state index contributed by atoms with van der Waals surface area (Å²) < 4.78 is 10.4. The highest BCUT2D eigenvalue weighted by Crippen LogP contribution is 2.18. The number of hydrogen-bond donors (Lipinski definition) is 4. The molecule has 0 radical (unpaired) electrons. The summed E-state index contributed by atoms with van der Waals surface area (Å²) in [7, 11) is 0. The van der Waals surface area contributed by atoms with Crippen LogP contribution in [0, 0.1) is 5.41 Å². The number of carbonyl (C=O) groups is 2. The van der Waals surface area contributed by atoms with Crippen molar-refractivity contribution in [2.45, 2.75) is 44.9 Å². The van der Waals surface area contributed by atoms with Gasteiger partial charge in [-0.1, -0.05) is 18.2 Å². The molecule has 5 N–H and O–H groups in total. The van der Waals surface area contributed by atoms with E-state index in [1.165, 1.54) is 6.08 Å². The van der Waals surface area contributed by atoms with Gasteiger partial charge in [0.1, 0.15) is 18.0 Å². The van der Waals surface area contributed by atoms with Gasteiger partial charge in [0, 0.05) is 23.6 Å². The van der Waals surface area contributed by atoms with E-state index >= 15 is 0 Å². The molecule has 2 atom stereocenters. The van der Waals surface area contributed by atoms with E-state index in [4.69, 9.17) is 20.6 Å². The van der Waals surface area contributed by atoms with Crippen molar-refractivity contribution >= 4 is 17.7 Å². The quantitative estimate of drug-likeness (QED) is 0.566. The smallest absolute Gasteiger partial charge is 0.404 e. The summed E-state index contributed by atoms with van der Waals surface area (Å²) >= 11 is 0. The second-order valence-corrected chi connectivity index (χ2v) is 7.33. The molecule has 8 nitrogen and oxygen atoms in total. The summed E-state index contributed by atoms with van der Waals surface area (Å²) in [5, 5.41) is 14.3. The Morgan fingerprint density at radius 1 is 1.30 bits per heavy atom. The Balaban J connectivity index is 2.09. The molecule has 1 heterocycles. The maximum absolute atomic E-state index is 12.5. The van der Waals surface area contributed by atoms with Crippen LogP contribution < -0.4 is 16.4 Å². The van der Waals surface area contributed by atoms with Crippen molar-refractivity contribution in [3.63, 3.8) is 0 Å². The van der Waals surface area contributed by atoms with Gasteiger partial charge in [-0.15, -0.1) is 0 Å². The molecule has 27 heavy (non-hydrogen) atoms. The number of rotatable bonds is 6. The molecule has 0 saturated carbocycles. The first-order valence-electron chi connectivity index (χ1n) is 8.66. The molecule has 1 aliphatic heterocycles. The minimum atomic E-state index is -0.864. The first-order valence-corrected chi connectivity index (χ1v) is 8.66. The van der Waals surface area contributed by atoms with Crippen LogP contribution in [0.15, 0.2) is 42.2 Å². The monoisotopic (exact) mass is 374 g/mol. The van der Waals surface area contributed by atoms with E-state index in [9.17, 15) is 9.59 Å². The van der Waals surface area contributed by atoms with Crippen LogP contribution in [0.5, 0.6) is 0 Å². The lowest BCUT2D eigenvalue weighted by atomic mass is 10.1. The van der Waals surface area contributed by atoms with Crippen molar-refractivity contribution in [2.24, 2.45) is 5.73 Å². The van der Waals surface area contributed by atoms with Crippen molar-refractivity contribution < 1.29 is 19.1 Å². The number of primary amides is 1. The lowest BCUT2D eigenvalue weighted by Gasteiger charge is -2.25. The molecule has 1 saturated heterocycles. The van der Waals surface area contributed by atoms with E-state index in [0.717, 1.165) is 0 Å². The summed E-state index contributed by atoms with van der Waals surface area (Å²) in [5.74, 6) is 0.109. The molecule has 1 fully saturated rings. The van der Waals surface area contributed by atoms with Crippen molar-refractivity contribution in [2.75, 3.05) is 6.61 Å². The Bertz CT molecular complexity index is 725. The number of nitrogens with two attached hydrogens (primary N) is 1. The number of ether oxygens (including phenoxy) is 2. The largest absolute Gasteiger partial charge is 0.444 e. The van der Waals surface area contributed by atoms with Gasteiger partial charge in [0.25, 0.3) is 5.91 Å². The van der Waals surface area contributed by atoms with Gasteiger partial charge in [0.15, 0.2) is 0 Å². The molecule has 2 amide bonds. The van der Waals surface area contributed by atoms with E-state index in [2.05, 4.69) is 10.6 Å². The fourth-order valence-corrected chi connectivity index (χ4v) is 2.60. The maximum atomic E-state index is 12.5. The van der Waals surface area contributed by atoms with E-state index in [0.29, 0.717) is 17.8 Å². The van der Waals surface area contributed by atoms with Gasteiger partial charge in [0.05, 0.1) is 12.3 Å². The number of nitrogens with one attached hydrogen (secondary N) is 3. The molecule has 0 spiro atoms. The highest BCUT2D eigenvalue weighted by molar-refractivity contribution is 5.99. The molecule has 2 rings (SSSR count). The highest BCUT2D eigenvalue weighted by Gasteiger charge is 2.30. The third-order valence-corrected chi connectivity index (χ3v) is 3.68. The Labute approximate surface area is 158 Å². The lowest BCUT2D eigenvalue weighted by Crippen LogP contribution is -2.42. The summed E-state index contributed by atoms with van der Waals surface area (Å²) in [5.41, 5.74) is 5.35. The fourth-order valence-electron chi connectivity index (χ4n) is 2.60. The number of hydrogen-bond acceptors (Lipinski definition) is 6. The van der Waals surface area contributed by atoms with Crippen LogP contribution in [-0.4, -0.2) is 42.1 Å². The Kier molecular flexibility index (Phi) is 6.57. The van der Waals surface area contributed by atoms with Crippen LogP contribution in [0.25, 0.3) is 0 Å². The zero-order valence-electron chi connectivity index (χ0n) is 15.7. The average Bonchev–Trinajstić information content (AvgIpc) is 3.02. The summed E-state index contributed by atoms with van der Waals surface area (Å²) in [4.78, 5) is 23.3. The zero-order chi connectivity index (χ0) is 20.0. The third kappa shape index (κ3) is 6.74. The van der Waals surface area contributed by atoms with Crippen LogP contribution in [0.3, 0.4) is 0 Å². The Morgan fingerprint density at radius 3 is 2.56 bits per heavy atom. The molecule has 1 aliphatic rings. The van der Waals surface area contributed by atoms with E-state index in [-0.39, 0.29) is 23.8 Å². The van der Waals surface area contributed by atoms with Crippen LogP contribution in [0.1, 0.15) is 37.6 Å². The molecule has 8 heteroatoms. The van der Waals surface area contributed by atoms with Crippen molar-refractivity contribution in [3.8, 4) is 0 Å². The first-order chi connectivity index (χ1) is 12.6. The van der Waals surface area contributed by atoms with Crippen LogP contribution >= 0.6 is 0 Å². The summed E-state index contributed by atoms with van der Waals surface area (Å²) in [6.45, 7) is 6.02. The predicted molar refractivity (Wildman–Crippen MR) is 101 cm³/mol. The van der Waals surface area contributed by atoms with Gasteiger partial charge < -0.3 is 31.3 Å². The number of carbonyl (C=O) groups excluding carboxylic acids is 2. The van der Waals surface area contributed by atoms with Crippen LogP contribution in [-0.2, 0) is 9.47 Å². The van der Waals surface area contributed by atoms with Gasteiger partial charge >= 0.3 is 6.09 Å². The van der Waals surface area contributed by atoms with Crippen molar-refractivity contribution in [1.29, 1.82) is 5.41 Å². The standard InChI is InChI=1S/C19H26N4O4/c1-19(2,3)23-16(22-17(24)12-7-5-4-6-8-12)10-14(20)15-9-13(11-26-15)27-18(21)25/h4-8,10,13,15,20,23H,9,11H2,1-3H3,(H2,21,25)(H,22,24)/b16-10-,20-14?. The molecule has 2 unspecified atom stereocenters. The summed E-state index contributed by atoms with van der Waals surface area (Å²) in [6, 6.07) is 8.81. The Hall–Kier alpha value is -2.87. The zero-order valence-corrected chi connectivity index (χ0v) is 15.7. The normalized spacial score (nSPS) is 20.0. The SMILES string of the molecule is CC(C)(C)N/C(=C\C(=N)C1CC(OC(N)=O)CO1)NC(=O)c1ccccc1. The second kappa shape index (κ2) is 8.68. The van der Waals surface area contributed by atoms with E-state index < -0.39 is 18.3 Å². The molecular formula is C19H26N4O4. The molecular weight excluding hydrogens is 348 g/mol. The van der Waals surface area contributed by atoms with Crippen molar-refractivity contribution in [3.05, 3.63) is 47.8 Å². The molecule has 0 aromatic heterocycles. The molecule has 0 bridgehead atoms. The van der Waals surface area contributed by atoms with Gasteiger partial charge in [-0.25, -0.2) is 4.79 Å². The summed E-state index contributed by atoms with van der Waals surface area (Å²) in [6.07, 6.45) is -0.0210. The van der Waals surface area contributed by atoms with Gasteiger partial charge in [0.2, 0.25) is 0 Å². The van der Waals surface area contributed by atoms with Gasteiger partial charge in [-0.05, 0) is 32.9 Å². The number of benzene rings is 1. The third-order valence-electron chi connectivity index (χ3n) is 3.68. The fraction of sp³-hybridized carbons (Fsp3) is 0.421. The molecule has 0 aliphatic carbocycles. The van der Waals surface area contributed by atoms with E-state index in [1.54, 1.807) is 24.3 Å². The lowest BCUT2D eigenvalue weighted by molar-refractivity contribution is 0.0854. The number of amides is 2. The highest BCUT2D eigenvalue weighted by atomic mass is 16.6. The molecule has 1 aromatic carbocycles.